The second-order valence-corrected chi connectivity index (χ2v) is 5.01. The molecule has 106 valence electrons. The number of rotatable bonds is 6. The van der Waals surface area contributed by atoms with Crippen LogP contribution in [-0.4, -0.2) is 40.9 Å². The first-order valence-electron chi connectivity index (χ1n) is 5.94. The fourth-order valence-corrected chi connectivity index (χ4v) is 2.61. The average molecular weight is 286 g/mol. The van der Waals surface area contributed by atoms with Crippen LogP contribution in [0.4, 0.5) is 10.2 Å². The maximum Gasteiger partial charge on any atom is 0.257 e. The molecule has 0 aliphatic rings. The third kappa shape index (κ3) is 3.57. The molecule has 0 saturated carbocycles. The molecule has 1 atom stereocenters. The molecule has 1 amide bonds. The van der Waals surface area contributed by atoms with Crippen LogP contribution in [0, 0.1) is 5.82 Å². The largest absolute Gasteiger partial charge is 0.338 e. The molecule has 0 radical (unpaired) electrons. The molecular weight excluding hydrogens is 267 g/mol. The summed E-state index contributed by atoms with van der Waals surface area (Å²) in [6, 6.07) is 1.44. The first kappa shape index (κ1) is 15.7. The van der Waals surface area contributed by atoms with Gasteiger partial charge in [-0.3, -0.25) is 4.79 Å². The number of thioether (sulfide) groups is 1. The summed E-state index contributed by atoms with van der Waals surface area (Å²) in [6.07, 6.45) is 4.15. The monoisotopic (exact) mass is 286 g/mol. The Morgan fingerprint density at radius 1 is 1.68 bits per heavy atom. The minimum atomic E-state index is -0.721. The molecule has 1 aromatic heterocycles. The normalized spacial score (nSPS) is 12.1. The van der Waals surface area contributed by atoms with Gasteiger partial charge in [-0.05, 0) is 18.7 Å². The van der Waals surface area contributed by atoms with Crippen molar-refractivity contribution in [2.75, 3.05) is 24.5 Å². The Labute approximate surface area is 116 Å². The first-order valence-corrected chi connectivity index (χ1v) is 7.33. The summed E-state index contributed by atoms with van der Waals surface area (Å²) < 4.78 is 14.0. The number of carbonyl (C=O) groups is 1. The number of pyridine rings is 1. The summed E-state index contributed by atoms with van der Waals surface area (Å²) in [6.45, 7) is 2.00. The van der Waals surface area contributed by atoms with Gasteiger partial charge in [0.15, 0.2) is 11.6 Å². The van der Waals surface area contributed by atoms with Crippen LogP contribution in [0.15, 0.2) is 12.3 Å². The lowest BCUT2D eigenvalue weighted by Gasteiger charge is -2.27. The molecule has 3 N–H and O–H groups in total. The maximum absolute atomic E-state index is 14.0. The highest BCUT2D eigenvalue weighted by Crippen LogP contribution is 2.18. The highest BCUT2D eigenvalue weighted by Gasteiger charge is 2.23. The zero-order valence-corrected chi connectivity index (χ0v) is 12.1. The van der Waals surface area contributed by atoms with Crippen LogP contribution in [0.3, 0.4) is 0 Å². The molecule has 1 aromatic rings. The number of hydrogen-bond donors (Lipinski definition) is 2. The summed E-state index contributed by atoms with van der Waals surface area (Å²) >= 11 is 1.65. The topological polar surface area (TPSA) is 71.2 Å². The highest BCUT2D eigenvalue weighted by molar-refractivity contribution is 7.98. The number of hydrazine groups is 1. The second-order valence-electron chi connectivity index (χ2n) is 4.10. The van der Waals surface area contributed by atoms with Crippen LogP contribution in [0.5, 0.6) is 0 Å². The molecule has 0 aliphatic carbocycles. The molecule has 1 unspecified atom stereocenters. The predicted molar refractivity (Wildman–Crippen MR) is 76.6 cm³/mol. The number of halogens is 1. The average Bonchev–Trinajstić information content (AvgIpc) is 2.43. The molecule has 0 bridgehead atoms. The number of aromatic nitrogens is 1. The minimum Gasteiger partial charge on any atom is -0.338 e. The third-order valence-corrected chi connectivity index (χ3v) is 3.67. The number of nitrogens with two attached hydrogens (primary N) is 1. The van der Waals surface area contributed by atoms with E-state index in [9.17, 15) is 9.18 Å². The van der Waals surface area contributed by atoms with Gasteiger partial charge in [-0.25, -0.2) is 15.2 Å². The van der Waals surface area contributed by atoms with Crippen molar-refractivity contribution in [3.8, 4) is 0 Å². The van der Waals surface area contributed by atoms with Gasteiger partial charge in [-0.2, -0.15) is 11.8 Å². The van der Waals surface area contributed by atoms with Crippen molar-refractivity contribution in [1.29, 1.82) is 0 Å². The summed E-state index contributed by atoms with van der Waals surface area (Å²) in [5.74, 6) is 4.75. The Morgan fingerprint density at radius 2 is 2.37 bits per heavy atom. The lowest BCUT2D eigenvalue weighted by molar-refractivity contribution is 0.0739. The number of hydrogen-bond acceptors (Lipinski definition) is 5. The molecule has 0 fully saturated rings. The highest BCUT2D eigenvalue weighted by atomic mass is 32.2. The maximum atomic E-state index is 14.0. The Kier molecular flexibility index (Phi) is 6.04. The molecule has 5 nitrogen and oxygen atoms in total. The molecule has 1 heterocycles. The van der Waals surface area contributed by atoms with Crippen LogP contribution in [0.25, 0.3) is 0 Å². The molecule has 0 aromatic carbocycles. The molecule has 0 saturated heterocycles. The molecule has 0 aliphatic heterocycles. The summed E-state index contributed by atoms with van der Waals surface area (Å²) in [5.41, 5.74) is 2.11. The van der Waals surface area contributed by atoms with E-state index in [0.29, 0.717) is 0 Å². The van der Waals surface area contributed by atoms with Crippen molar-refractivity contribution < 1.29 is 9.18 Å². The molecule has 1 rings (SSSR count). The molecule has 19 heavy (non-hydrogen) atoms. The van der Waals surface area contributed by atoms with Crippen LogP contribution in [-0.2, 0) is 0 Å². The number of anilines is 1. The lowest BCUT2D eigenvalue weighted by atomic mass is 10.1. The third-order valence-electron chi connectivity index (χ3n) is 2.95. The van der Waals surface area contributed by atoms with E-state index < -0.39 is 5.82 Å². The van der Waals surface area contributed by atoms with Crippen molar-refractivity contribution >= 4 is 23.5 Å². The quantitative estimate of drug-likeness (QED) is 0.615. The van der Waals surface area contributed by atoms with E-state index in [2.05, 4.69) is 10.4 Å². The first-order chi connectivity index (χ1) is 9.06. The van der Waals surface area contributed by atoms with E-state index in [1.165, 1.54) is 12.3 Å². The van der Waals surface area contributed by atoms with E-state index in [-0.39, 0.29) is 23.3 Å². The van der Waals surface area contributed by atoms with Gasteiger partial charge in [0.2, 0.25) is 0 Å². The van der Waals surface area contributed by atoms with Crippen LogP contribution in [0.2, 0.25) is 0 Å². The van der Waals surface area contributed by atoms with Gasteiger partial charge in [0.25, 0.3) is 5.91 Å². The number of carbonyl (C=O) groups excluding carboxylic acids is 1. The van der Waals surface area contributed by atoms with Gasteiger partial charge >= 0.3 is 0 Å². The molecule has 7 heteroatoms. The Bertz CT molecular complexity index is 444. The van der Waals surface area contributed by atoms with E-state index >= 15 is 0 Å². The predicted octanol–water partition coefficient (Wildman–Crippen LogP) is 1.72. The standard InChI is InChI=1S/C12H19FN4OS/c1-4-8(7-19-3)17(2)12(18)9-5-6-15-11(16-14)10(9)13/h5-6,8H,4,7,14H2,1-3H3,(H,15,16). The van der Waals surface area contributed by atoms with Gasteiger partial charge in [0.1, 0.15) is 0 Å². The van der Waals surface area contributed by atoms with Gasteiger partial charge in [-0.1, -0.05) is 6.92 Å². The molecule has 0 spiro atoms. The fourth-order valence-electron chi connectivity index (χ4n) is 1.76. The van der Waals surface area contributed by atoms with Crippen LogP contribution >= 0.6 is 11.8 Å². The summed E-state index contributed by atoms with van der Waals surface area (Å²) in [5, 5.41) is 0. The van der Waals surface area contributed by atoms with Crippen molar-refractivity contribution in [2.45, 2.75) is 19.4 Å². The van der Waals surface area contributed by atoms with Gasteiger partial charge in [0.05, 0.1) is 5.56 Å². The van der Waals surface area contributed by atoms with Crippen molar-refractivity contribution in [3.05, 3.63) is 23.6 Å². The number of nitrogens with zero attached hydrogens (tertiary/aromatic N) is 2. The Balaban J connectivity index is 2.99. The zero-order chi connectivity index (χ0) is 14.4. The summed E-state index contributed by atoms with van der Waals surface area (Å²) in [7, 11) is 1.68. The van der Waals surface area contributed by atoms with Crippen molar-refractivity contribution in [2.24, 2.45) is 5.84 Å². The van der Waals surface area contributed by atoms with E-state index in [4.69, 9.17) is 5.84 Å². The number of nitrogens with one attached hydrogen (secondary N) is 1. The molecular formula is C12H19FN4OS. The number of nitrogen functional groups attached to an aromatic ring is 1. The van der Waals surface area contributed by atoms with E-state index in [0.717, 1.165) is 12.2 Å². The smallest absolute Gasteiger partial charge is 0.257 e. The lowest BCUT2D eigenvalue weighted by Crippen LogP contribution is -2.38. The van der Waals surface area contributed by atoms with E-state index in [1.807, 2.05) is 13.2 Å². The SMILES string of the molecule is CCC(CSC)N(C)C(=O)c1ccnc(NN)c1F. The van der Waals surface area contributed by atoms with Crippen LogP contribution in [0.1, 0.15) is 23.7 Å². The van der Waals surface area contributed by atoms with Gasteiger partial charge in [-0.15, -0.1) is 0 Å². The minimum absolute atomic E-state index is 0.0231. The number of amides is 1. The zero-order valence-electron chi connectivity index (χ0n) is 11.3. The van der Waals surface area contributed by atoms with Gasteiger partial charge < -0.3 is 10.3 Å². The Hall–Kier alpha value is -1.34. The Morgan fingerprint density at radius 3 is 2.89 bits per heavy atom. The fraction of sp³-hybridized carbons (Fsp3) is 0.500. The summed E-state index contributed by atoms with van der Waals surface area (Å²) in [4.78, 5) is 17.6. The second kappa shape index (κ2) is 7.30. The van der Waals surface area contributed by atoms with Crippen LogP contribution < -0.4 is 11.3 Å². The van der Waals surface area contributed by atoms with E-state index in [1.54, 1.807) is 23.7 Å². The van der Waals surface area contributed by atoms with Gasteiger partial charge in [0, 0.05) is 25.0 Å². The van der Waals surface area contributed by atoms with Crippen molar-refractivity contribution in [3.63, 3.8) is 0 Å². The van der Waals surface area contributed by atoms with Crippen molar-refractivity contribution in [1.82, 2.24) is 9.88 Å².